The van der Waals surface area contributed by atoms with Gasteiger partial charge in [0.2, 0.25) is 0 Å². The Morgan fingerprint density at radius 2 is 1.46 bits per heavy atom. The van der Waals surface area contributed by atoms with E-state index in [1.807, 2.05) is 12.1 Å². The molecule has 0 aliphatic carbocycles. The second kappa shape index (κ2) is 11.9. The van der Waals surface area contributed by atoms with Crippen molar-refractivity contribution in [2.75, 3.05) is 6.61 Å². The van der Waals surface area contributed by atoms with E-state index in [9.17, 15) is 8.78 Å². The lowest BCUT2D eigenvalue weighted by molar-refractivity contribution is -0.00217. The summed E-state index contributed by atoms with van der Waals surface area (Å²) in [5, 5.41) is 0. The molecular weight excluding hydrogens is 445 g/mol. The molecule has 0 saturated carbocycles. The summed E-state index contributed by atoms with van der Waals surface area (Å²) in [7, 11) is 0. The van der Waals surface area contributed by atoms with Crippen molar-refractivity contribution in [3.8, 4) is 22.3 Å². The number of unbranched alkanes of at least 4 members (excludes halogenated alkanes) is 4. The maximum atomic E-state index is 15.1. The van der Waals surface area contributed by atoms with Crippen LogP contribution >= 0.6 is 0 Å². The second-order valence-corrected chi connectivity index (χ2v) is 9.81. The summed E-state index contributed by atoms with van der Waals surface area (Å²) < 4.78 is 49.5. The molecule has 0 radical (unpaired) electrons. The first-order valence-corrected chi connectivity index (χ1v) is 12.9. The maximum absolute atomic E-state index is 15.1. The smallest absolute Gasteiger partial charge is 0.166 e. The average molecular weight is 481 g/mol. The summed E-state index contributed by atoms with van der Waals surface area (Å²) in [6, 6.07) is 15.5. The highest BCUT2D eigenvalue weighted by atomic mass is 19.2. The molecule has 0 N–H and O–H groups in total. The molecule has 2 atom stereocenters. The highest BCUT2D eigenvalue weighted by Crippen LogP contribution is 2.34. The second-order valence-electron chi connectivity index (χ2n) is 9.81. The SMILES string of the molecule is CCCCCCCC1CCC(c2ccc(-c3ccc(-c4ccc(C)c(F)c4F)cc3)c(F)c2)CO1. The Kier molecular flexibility index (Phi) is 8.67. The van der Waals surface area contributed by atoms with Gasteiger partial charge in [-0.3, -0.25) is 0 Å². The van der Waals surface area contributed by atoms with Crippen LogP contribution in [0.1, 0.15) is 75.3 Å². The Labute approximate surface area is 207 Å². The summed E-state index contributed by atoms with van der Waals surface area (Å²) >= 11 is 0. The van der Waals surface area contributed by atoms with E-state index in [2.05, 4.69) is 6.92 Å². The van der Waals surface area contributed by atoms with Crippen LogP contribution in [0, 0.1) is 24.4 Å². The molecule has 0 amide bonds. The lowest BCUT2D eigenvalue weighted by Gasteiger charge is -2.29. The summed E-state index contributed by atoms with van der Waals surface area (Å²) in [6.07, 6.45) is 9.89. The molecule has 1 heterocycles. The van der Waals surface area contributed by atoms with E-state index >= 15 is 4.39 Å². The lowest BCUT2D eigenvalue weighted by Crippen LogP contribution is -2.24. The van der Waals surface area contributed by atoms with Crippen molar-refractivity contribution in [3.05, 3.63) is 83.2 Å². The van der Waals surface area contributed by atoms with E-state index in [1.54, 1.807) is 42.5 Å². The van der Waals surface area contributed by atoms with Gasteiger partial charge in [-0.1, -0.05) is 87.6 Å². The van der Waals surface area contributed by atoms with Gasteiger partial charge in [0.1, 0.15) is 5.82 Å². The van der Waals surface area contributed by atoms with Crippen molar-refractivity contribution < 1.29 is 17.9 Å². The van der Waals surface area contributed by atoms with Crippen LogP contribution in [-0.2, 0) is 4.74 Å². The van der Waals surface area contributed by atoms with Crippen molar-refractivity contribution in [1.82, 2.24) is 0 Å². The molecule has 1 fully saturated rings. The Bertz CT molecular complexity index is 1110. The minimum absolute atomic E-state index is 0.201. The number of aryl methyl sites for hydroxylation is 1. The third kappa shape index (κ3) is 6.16. The van der Waals surface area contributed by atoms with Gasteiger partial charge in [0.05, 0.1) is 12.7 Å². The molecular formula is C31H35F3O. The lowest BCUT2D eigenvalue weighted by atomic mass is 9.89. The number of benzene rings is 3. The van der Waals surface area contributed by atoms with Gasteiger partial charge in [0.15, 0.2) is 11.6 Å². The third-order valence-corrected chi connectivity index (χ3v) is 7.25. The average Bonchev–Trinajstić information content (AvgIpc) is 2.88. The molecule has 0 spiro atoms. The number of ether oxygens (including phenoxy) is 1. The molecule has 2 unspecified atom stereocenters. The first-order chi connectivity index (χ1) is 17.0. The van der Waals surface area contributed by atoms with Gasteiger partial charge in [-0.25, -0.2) is 13.2 Å². The zero-order chi connectivity index (χ0) is 24.8. The van der Waals surface area contributed by atoms with Gasteiger partial charge in [-0.15, -0.1) is 0 Å². The molecule has 3 aromatic rings. The minimum atomic E-state index is -0.860. The molecule has 1 aliphatic rings. The van der Waals surface area contributed by atoms with Gasteiger partial charge < -0.3 is 4.74 Å². The van der Waals surface area contributed by atoms with Crippen LogP contribution < -0.4 is 0 Å². The molecule has 0 bridgehead atoms. The Morgan fingerprint density at radius 1 is 0.771 bits per heavy atom. The van der Waals surface area contributed by atoms with E-state index in [0.717, 1.165) is 24.8 Å². The normalized spacial score (nSPS) is 18.1. The molecule has 186 valence electrons. The zero-order valence-electron chi connectivity index (χ0n) is 20.8. The Hall–Kier alpha value is -2.59. The van der Waals surface area contributed by atoms with E-state index in [0.29, 0.717) is 29.4 Å². The third-order valence-electron chi connectivity index (χ3n) is 7.25. The largest absolute Gasteiger partial charge is 0.378 e. The molecule has 3 aromatic carbocycles. The Balaban J connectivity index is 1.38. The molecule has 4 rings (SSSR count). The van der Waals surface area contributed by atoms with Crippen molar-refractivity contribution >= 4 is 0 Å². The first-order valence-electron chi connectivity index (χ1n) is 12.9. The van der Waals surface area contributed by atoms with Crippen molar-refractivity contribution in [1.29, 1.82) is 0 Å². The van der Waals surface area contributed by atoms with Gasteiger partial charge in [-0.2, -0.15) is 0 Å². The van der Waals surface area contributed by atoms with E-state index < -0.39 is 11.6 Å². The van der Waals surface area contributed by atoms with Crippen LogP contribution in [0.25, 0.3) is 22.3 Å². The predicted molar refractivity (Wildman–Crippen MR) is 137 cm³/mol. The monoisotopic (exact) mass is 480 g/mol. The number of hydrogen-bond acceptors (Lipinski definition) is 1. The topological polar surface area (TPSA) is 9.23 Å². The minimum Gasteiger partial charge on any atom is -0.378 e. The highest BCUT2D eigenvalue weighted by molar-refractivity contribution is 5.71. The summed E-state index contributed by atoms with van der Waals surface area (Å²) in [5.41, 5.74) is 3.20. The fourth-order valence-electron chi connectivity index (χ4n) is 4.99. The number of hydrogen-bond donors (Lipinski definition) is 0. The summed E-state index contributed by atoms with van der Waals surface area (Å²) in [6.45, 7) is 4.41. The van der Waals surface area contributed by atoms with E-state index in [-0.39, 0.29) is 22.9 Å². The molecule has 4 heteroatoms. The zero-order valence-corrected chi connectivity index (χ0v) is 20.8. The van der Waals surface area contributed by atoms with Crippen LogP contribution in [-0.4, -0.2) is 12.7 Å². The first kappa shape index (κ1) is 25.5. The summed E-state index contributed by atoms with van der Waals surface area (Å²) in [4.78, 5) is 0. The fourth-order valence-corrected chi connectivity index (χ4v) is 4.99. The van der Waals surface area contributed by atoms with Crippen molar-refractivity contribution in [2.24, 2.45) is 0 Å². The maximum Gasteiger partial charge on any atom is 0.166 e. The molecule has 1 saturated heterocycles. The van der Waals surface area contributed by atoms with Crippen LogP contribution in [0.4, 0.5) is 13.2 Å². The van der Waals surface area contributed by atoms with Gasteiger partial charge in [0.25, 0.3) is 0 Å². The van der Waals surface area contributed by atoms with Crippen molar-refractivity contribution in [2.45, 2.75) is 77.2 Å². The van der Waals surface area contributed by atoms with Crippen LogP contribution in [0.3, 0.4) is 0 Å². The van der Waals surface area contributed by atoms with E-state index in [4.69, 9.17) is 4.74 Å². The summed E-state index contributed by atoms with van der Waals surface area (Å²) in [5.74, 6) is -1.75. The Morgan fingerprint density at radius 3 is 2.11 bits per heavy atom. The predicted octanol–water partition coefficient (Wildman–Crippen LogP) is 9.37. The van der Waals surface area contributed by atoms with E-state index in [1.165, 1.54) is 39.0 Å². The standard InChI is InChI=1S/C31H35F3O/c1-3-4-5-6-7-8-26-16-14-25(20-35-26)24-15-18-27(29(32)19-24)22-10-12-23(13-11-22)28-17-9-21(2)30(33)31(28)34/h9-13,15,17-19,25-26H,3-8,14,16,20H2,1-2H3. The molecule has 1 nitrogen and oxygen atoms in total. The molecule has 1 aliphatic heterocycles. The van der Waals surface area contributed by atoms with Gasteiger partial charge in [0, 0.05) is 17.0 Å². The van der Waals surface area contributed by atoms with Crippen molar-refractivity contribution in [3.63, 3.8) is 0 Å². The molecule has 35 heavy (non-hydrogen) atoms. The number of halogens is 3. The number of rotatable bonds is 9. The highest BCUT2D eigenvalue weighted by Gasteiger charge is 2.23. The van der Waals surface area contributed by atoms with Gasteiger partial charge in [-0.05, 0) is 54.5 Å². The molecule has 0 aromatic heterocycles. The van der Waals surface area contributed by atoms with Crippen LogP contribution in [0.15, 0.2) is 54.6 Å². The van der Waals surface area contributed by atoms with Gasteiger partial charge >= 0.3 is 0 Å². The quantitative estimate of drug-likeness (QED) is 0.277. The fraction of sp³-hybridized carbons (Fsp3) is 0.419. The van der Waals surface area contributed by atoms with Crippen LogP contribution in [0.5, 0.6) is 0 Å². The van der Waals surface area contributed by atoms with Crippen LogP contribution in [0.2, 0.25) is 0 Å².